The van der Waals surface area contributed by atoms with Crippen molar-refractivity contribution in [3.63, 3.8) is 0 Å². The van der Waals surface area contributed by atoms with E-state index in [2.05, 4.69) is 4.98 Å². The summed E-state index contributed by atoms with van der Waals surface area (Å²) in [6.07, 6.45) is 1.56. The molecular weight excluding hydrogens is 310 g/mol. The Balaban J connectivity index is 2.19. The fourth-order valence-corrected chi connectivity index (χ4v) is 2.04. The van der Waals surface area contributed by atoms with E-state index < -0.39 is 5.91 Å². The largest absolute Gasteiger partial charge is 0.475 e. The first-order valence-corrected chi connectivity index (χ1v) is 7.29. The van der Waals surface area contributed by atoms with Gasteiger partial charge in [0.25, 0.3) is 5.91 Å². The zero-order valence-electron chi connectivity index (χ0n) is 13.6. The van der Waals surface area contributed by atoms with Crippen molar-refractivity contribution in [3.05, 3.63) is 53.7 Å². The molecule has 0 aliphatic rings. The SMILES string of the molecule is COCCOc1ncccc1C(=O)N(C)c1ccc(C(N)=O)cc1. The molecule has 2 amide bonds. The van der Waals surface area contributed by atoms with Crippen molar-refractivity contribution in [3.8, 4) is 5.88 Å². The number of methoxy groups -OCH3 is 1. The number of primary amides is 1. The number of pyridine rings is 1. The van der Waals surface area contributed by atoms with E-state index >= 15 is 0 Å². The summed E-state index contributed by atoms with van der Waals surface area (Å²) in [5.41, 5.74) is 6.56. The number of nitrogens with two attached hydrogens (primary N) is 1. The third kappa shape index (κ3) is 4.08. The summed E-state index contributed by atoms with van der Waals surface area (Å²) in [5.74, 6) is -0.542. The van der Waals surface area contributed by atoms with Gasteiger partial charge < -0.3 is 20.1 Å². The minimum Gasteiger partial charge on any atom is -0.475 e. The fourth-order valence-electron chi connectivity index (χ4n) is 2.04. The first-order chi connectivity index (χ1) is 11.5. The molecule has 0 spiro atoms. The zero-order valence-corrected chi connectivity index (χ0v) is 13.6. The van der Waals surface area contributed by atoms with Crippen molar-refractivity contribution in [2.45, 2.75) is 0 Å². The Labute approximate surface area is 140 Å². The molecule has 0 saturated heterocycles. The van der Waals surface area contributed by atoms with Gasteiger partial charge >= 0.3 is 0 Å². The van der Waals surface area contributed by atoms with Gasteiger partial charge in [-0.3, -0.25) is 9.59 Å². The van der Waals surface area contributed by atoms with Gasteiger partial charge in [-0.25, -0.2) is 4.98 Å². The molecule has 2 N–H and O–H groups in total. The van der Waals surface area contributed by atoms with Crippen LogP contribution >= 0.6 is 0 Å². The van der Waals surface area contributed by atoms with Gasteiger partial charge in [0.2, 0.25) is 11.8 Å². The molecule has 0 radical (unpaired) electrons. The smallest absolute Gasteiger partial charge is 0.263 e. The minimum atomic E-state index is -0.517. The minimum absolute atomic E-state index is 0.250. The Hall–Kier alpha value is -2.93. The Kier molecular flexibility index (Phi) is 5.86. The van der Waals surface area contributed by atoms with Gasteiger partial charge in [-0.2, -0.15) is 0 Å². The quantitative estimate of drug-likeness (QED) is 0.777. The average Bonchev–Trinajstić information content (AvgIpc) is 2.61. The van der Waals surface area contributed by atoms with Gasteiger partial charge in [-0.05, 0) is 36.4 Å². The van der Waals surface area contributed by atoms with Crippen LogP contribution in [0.3, 0.4) is 0 Å². The van der Waals surface area contributed by atoms with Crippen LogP contribution in [0.5, 0.6) is 5.88 Å². The summed E-state index contributed by atoms with van der Waals surface area (Å²) in [6, 6.07) is 9.76. The van der Waals surface area contributed by atoms with Crippen LogP contribution in [0.1, 0.15) is 20.7 Å². The van der Waals surface area contributed by atoms with E-state index in [0.29, 0.717) is 30.0 Å². The second-order valence-corrected chi connectivity index (χ2v) is 4.97. The van der Waals surface area contributed by atoms with Crippen LogP contribution in [0.15, 0.2) is 42.6 Å². The van der Waals surface area contributed by atoms with Crippen LogP contribution in [0.2, 0.25) is 0 Å². The Morgan fingerprint density at radius 2 is 1.88 bits per heavy atom. The second-order valence-electron chi connectivity index (χ2n) is 4.97. The van der Waals surface area contributed by atoms with Gasteiger partial charge in [0.05, 0.1) is 6.61 Å². The molecule has 2 aromatic rings. The van der Waals surface area contributed by atoms with E-state index in [1.807, 2.05) is 0 Å². The maximum Gasteiger partial charge on any atom is 0.263 e. The number of anilines is 1. The summed E-state index contributed by atoms with van der Waals surface area (Å²) >= 11 is 0. The van der Waals surface area contributed by atoms with Gasteiger partial charge in [0.1, 0.15) is 12.2 Å². The maximum atomic E-state index is 12.7. The van der Waals surface area contributed by atoms with Crippen molar-refractivity contribution in [2.75, 3.05) is 32.3 Å². The number of benzene rings is 1. The molecule has 2 rings (SSSR count). The molecule has 1 aromatic carbocycles. The highest BCUT2D eigenvalue weighted by molar-refractivity contribution is 6.07. The van der Waals surface area contributed by atoms with Crippen LogP contribution in [0.25, 0.3) is 0 Å². The summed E-state index contributed by atoms with van der Waals surface area (Å²) in [7, 11) is 3.20. The van der Waals surface area contributed by atoms with Gasteiger partial charge in [0.15, 0.2) is 0 Å². The topological polar surface area (TPSA) is 94.8 Å². The van der Waals surface area contributed by atoms with Crippen molar-refractivity contribution in [1.29, 1.82) is 0 Å². The van der Waals surface area contributed by atoms with E-state index in [-0.39, 0.29) is 11.8 Å². The lowest BCUT2D eigenvalue weighted by Crippen LogP contribution is -2.27. The van der Waals surface area contributed by atoms with E-state index in [0.717, 1.165) is 0 Å². The van der Waals surface area contributed by atoms with Crippen LogP contribution in [0, 0.1) is 0 Å². The molecule has 0 atom stereocenters. The Morgan fingerprint density at radius 1 is 1.17 bits per heavy atom. The number of hydrogen-bond acceptors (Lipinski definition) is 5. The maximum absolute atomic E-state index is 12.7. The van der Waals surface area contributed by atoms with Gasteiger partial charge in [0, 0.05) is 31.6 Å². The average molecular weight is 329 g/mol. The zero-order chi connectivity index (χ0) is 17.5. The molecular formula is C17H19N3O4. The summed E-state index contributed by atoms with van der Waals surface area (Å²) in [6.45, 7) is 0.694. The normalized spacial score (nSPS) is 10.2. The van der Waals surface area contributed by atoms with E-state index in [1.165, 1.54) is 4.90 Å². The number of carbonyl (C=O) groups is 2. The molecule has 7 nitrogen and oxygen atoms in total. The number of carbonyl (C=O) groups excluding carboxylic acids is 2. The van der Waals surface area contributed by atoms with E-state index in [9.17, 15) is 9.59 Å². The Morgan fingerprint density at radius 3 is 2.50 bits per heavy atom. The molecule has 0 bridgehead atoms. The lowest BCUT2D eigenvalue weighted by atomic mass is 10.1. The predicted octanol–water partition coefficient (Wildman–Crippen LogP) is 1.48. The Bertz CT molecular complexity index is 716. The first kappa shape index (κ1) is 17.4. The molecule has 0 saturated carbocycles. The van der Waals surface area contributed by atoms with Crippen LogP contribution < -0.4 is 15.4 Å². The molecule has 1 heterocycles. The fraction of sp³-hybridized carbons (Fsp3) is 0.235. The molecule has 0 aliphatic carbocycles. The predicted molar refractivity (Wildman–Crippen MR) is 89.3 cm³/mol. The van der Waals surface area contributed by atoms with Gasteiger partial charge in [-0.1, -0.05) is 0 Å². The first-order valence-electron chi connectivity index (χ1n) is 7.29. The molecule has 1 aromatic heterocycles. The lowest BCUT2D eigenvalue weighted by Gasteiger charge is -2.19. The highest BCUT2D eigenvalue weighted by Crippen LogP contribution is 2.21. The number of rotatable bonds is 7. The van der Waals surface area contributed by atoms with Gasteiger partial charge in [-0.15, -0.1) is 0 Å². The van der Waals surface area contributed by atoms with Crippen molar-refractivity contribution < 1.29 is 19.1 Å². The number of amides is 2. The summed E-state index contributed by atoms with van der Waals surface area (Å²) in [5, 5.41) is 0. The number of hydrogen-bond donors (Lipinski definition) is 1. The van der Waals surface area contributed by atoms with E-state index in [1.54, 1.807) is 56.8 Å². The highest BCUT2D eigenvalue weighted by atomic mass is 16.5. The monoisotopic (exact) mass is 329 g/mol. The third-order valence-electron chi connectivity index (χ3n) is 3.37. The molecule has 0 fully saturated rings. The number of aromatic nitrogens is 1. The van der Waals surface area contributed by atoms with Crippen LogP contribution in [0.4, 0.5) is 5.69 Å². The van der Waals surface area contributed by atoms with E-state index in [4.69, 9.17) is 15.2 Å². The van der Waals surface area contributed by atoms with Crippen LogP contribution in [-0.4, -0.2) is 44.2 Å². The van der Waals surface area contributed by atoms with Crippen molar-refractivity contribution >= 4 is 17.5 Å². The third-order valence-corrected chi connectivity index (χ3v) is 3.37. The van der Waals surface area contributed by atoms with Crippen LogP contribution in [-0.2, 0) is 4.74 Å². The summed E-state index contributed by atoms with van der Waals surface area (Å²) < 4.78 is 10.4. The molecule has 0 aliphatic heterocycles. The molecule has 0 unspecified atom stereocenters. The number of ether oxygens (including phenoxy) is 2. The molecule has 126 valence electrons. The number of nitrogens with zero attached hydrogens (tertiary/aromatic N) is 2. The van der Waals surface area contributed by atoms with Crippen molar-refractivity contribution in [2.24, 2.45) is 5.73 Å². The summed E-state index contributed by atoms with van der Waals surface area (Å²) in [4.78, 5) is 29.4. The second kappa shape index (κ2) is 8.07. The highest BCUT2D eigenvalue weighted by Gasteiger charge is 2.19. The van der Waals surface area contributed by atoms with Crippen molar-refractivity contribution in [1.82, 2.24) is 4.98 Å². The molecule has 24 heavy (non-hydrogen) atoms. The lowest BCUT2D eigenvalue weighted by molar-refractivity contribution is 0.0981. The molecule has 7 heteroatoms. The standard InChI is InChI=1S/C17H19N3O4/c1-20(13-7-5-12(6-8-13)15(18)21)17(22)14-4-3-9-19-16(14)24-11-10-23-2/h3-9H,10-11H2,1-2H3,(H2,18,21).